The summed E-state index contributed by atoms with van der Waals surface area (Å²) in [5, 5.41) is 18.3. The van der Waals surface area contributed by atoms with Crippen molar-refractivity contribution in [2.24, 2.45) is 0 Å². The molecule has 22 heavy (non-hydrogen) atoms. The third-order valence-electron chi connectivity index (χ3n) is 3.48. The summed E-state index contributed by atoms with van der Waals surface area (Å²) < 4.78 is 0. The second-order valence-corrected chi connectivity index (χ2v) is 5.59. The molecular formula is C19H32O3. The summed E-state index contributed by atoms with van der Waals surface area (Å²) in [6, 6.07) is 0. The zero-order valence-electron chi connectivity index (χ0n) is 13.9. The van der Waals surface area contributed by atoms with Crippen LogP contribution in [0.3, 0.4) is 0 Å². The van der Waals surface area contributed by atoms with Crippen LogP contribution in [-0.2, 0) is 4.79 Å². The van der Waals surface area contributed by atoms with E-state index < -0.39 is 5.97 Å². The zero-order valence-corrected chi connectivity index (χ0v) is 13.9. The molecule has 0 amide bonds. The van der Waals surface area contributed by atoms with Crippen molar-refractivity contribution in [1.82, 2.24) is 0 Å². The summed E-state index contributed by atoms with van der Waals surface area (Å²) in [6.07, 6.45) is 21.0. The number of rotatable bonds is 14. The molecule has 0 aliphatic rings. The van der Waals surface area contributed by atoms with Gasteiger partial charge in [-0.2, -0.15) is 0 Å². The van der Waals surface area contributed by atoms with Crippen molar-refractivity contribution < 1.29 is 15.0 Å². The molecule has 0 spiro atoms. The molecule has 0 bridgehead atoms. The van der Waals surface area contributed by atoms with Crippen LogP contribution in [0.2, 0.25) is 0 Å². The third kappa shape index (κ3) is 16.7. The number of aliphatic hydroxyl groups excluding tert-OH is 1. The summed E-state index contributed by atoms with van der Waals surface area (Å²) in [5.41, 5.74) is 0. The lowest BCUT2D eigenvalue weighted by atomic mass is 10.1. The van der Waals surface area contributed by atoms with Crippen molar-refractivity contribution in [2.75, 3.05) is 0 Å². The van der Waals surface area contributed by atoms with E-state index in [-0.39, 0.29) is 6.10 Å². The maximum absolute atomic E-state index is 10.3. The Bertz CT molecular complexity index is 343. The maximum atomic E-state index is 10.3. The van der Waals surface area contributed by atoms with Crippen molar-refractivity contribution in [3.05, 3.63) is 36.5 Å². The zero-order chi connectivity index (χ0) is 16.5. The molecule has 1 unspecified atom stereocenters. The summed E-state index contributed by atoms with van der Waals surface area (Å²) in [7, 11) is 0. The number of hydrogen-bond donors (Lipinski definition) is 2. The summed E-state index contributed by atoms with van der Waals surface area (Å²) in [5.74, 6) is -0.696. The predicted octanol–water partition coefficient (Wildman–Crippen LogP) is 5.02. The molecule has 0 saturated carbocycles. The Morgan fingerprint density at radius 2 is 1.59 bits per heavy atom. The van der Waals surface area contributed by atoms with E-state index in [0.717, 1.165) is 44.9 Å². The van der Waals surface area contributed by atoms with Crippen molar-refractivity contribution in [3.8, 4) is 0 Å². The topological polar surface area (TPSA) is 57.5 Å². The van der Waals surface area contributed by atoms with Gasteiger partial charge >= 0.3 is 5.97 Å². The minimum absolute atomic E-state index is 0.293. The van der Waals surface area contributed by atoms with Gasteiger partial charge in [0.15, 0.2) is 0 Å². The van der Waals surface area contributed by atoms with E-state index in [1.54, 1.807) is 0 Å². The SMILES string of the molecule is CC=CCC=CC=CC(O)CCCCCCCCCC(=O)O. The van der Waals surface area contributed by atoms with Gasteiger partial charge < -0.3 is 10.2 Å². The van der Waals surface area contributed by atoms with Crippen LogP contribution >= 0.6 is 0 Å². The van der Waals surface area contributed by atoms with E-state index in [1.165, 1.54) is 12.8 Å². The van der Waals surface area contributed by atoms with Crippen molar-refractivity contribution in [2.45, 2.75) is 77.2 Å². The minimum Gasteiger partial charge on any atom is -0.481 e. The van der Waals surface area contributed by atoms with Crippen LogP contribution in [0, 0.1) is 0 Å². The first-order valence-electron chi connectivity index (χ1n) is 8.51. The van der Waals surface area contributed by atoms with Crippen LogP contribution in [0.1, 0.15) is 71.1 Å². The van der Waals surface area contributed by atoms with Crippen LogP contribution < -0.4 is 0 Å². The lowest BCUT2D eigenvalue weighted by Crippen LogP contribution is -2.01. The van der Waals surface area contributed by atoms with Crippen LogP contribution in [-0.4, -0.2) is 22.3 Å². The van der Waals surface area contributed by atoms with E-state index in [2.05, 4.69) is 12.2 Å². The Kier molecular flexibility index (Phi) is 15.0. The van der Waals surface area contributed by atoms with Crippen molar-refractivity contribution >= 4 is 5.97 Å². The van der Waals surface area contributed by atoms with Gasteiger partial charge in [0.25, 0.3) is 0 Å². The molecule has 0 aromatic rings. The van der Waals surface area contributed by atoms with Gasteiger partial charge in [-0.05, 0) is 26.2 Å². The van der Waals surface area contributed by atoms with Crippen LogP contribution in [0.25, 0.3) is 0 Å². The van der Waals surface area contributed by atoms with E-state index >= 15 is 0 Å². The number of aliphatic carboxylic acids is 1. The monoisotopic (exact) mass is 308 g/mol. The van der Waals surface area contributed by atoms with Crippen molar-refractivity contribution in [3.63, 3.8) is 0 Å². The average Bonchev–Trinajstić information content (AvgIpc) is 2.48. The fourth-order valence-electron chi connectivity index (χ4n) is 2.17. The molecule has 0 fully saturated rings. The van der Waals surface area contributed by atoms with Gasteiger partial charge in [-0.1, -0.05) is 75.0 Å². The first-order valence-corrected chi connectivity index (χ1v) is 8.51. The molecule has 126 valence electrons. The molecule has 0 saturated heterocycles. The molecule has 0 aromatic carbocycles. The lowest BCUT2D eigenvalue weighted by molar-refractivity contribution is -0.137. The Labute approximate surface area is 135 Å². The summed E-state index contributed by atoms with van der Waals surface area (Å²) in [6.45, 7) is 2.00. The van der Waals surface area contributed by atoms with Crippen LogP contribution in [0.4, 0.5) is 0 Å². The molecule has 0 aliphatic heterocycles. The smallest absolute Gasteiger partial charge is 0.303 e. The van der Waals surface area contributed by atoms with Gasteiger partial charge in [-0.3, -0.25) is 4.79 Å². The standard InChI is InChI=1S/C19H32O3/c1-2-3-4-5-9-12-15-18(20)16-13-10-7-6-8-11-14-17-19(21)22/h2-3,5,9,12,15,18,20H,4,6-8,10-11,13-14,16-17H2,1H3,(H,21,22). The van der Waals surface area contributed by atoms with Gasteiger partial charge in [0.2, 0.25) is 0 Å². The fourth-order valence-corrected chi connectivity index (χ4v) is 2.17. The van der Waals surface area contributed by atoms with Gasteiger partial charge in [-0.25, -0.2) is 0 Å². The first kappa shape index (κ1) is 20.6. The van der Waals surface area contributed by atoms with Crippen molar-refractivity contribution in [1.29, 1.82) is 0 Å². The minimum atomic E-state index is -0.696. The molecule has 2 N–H and O–H groups in total. The molecule has 0 heterocycles. The maximum Gasteiger partial charge on any atom is 0.303 e. The third-order valence-corrected chi connectivity index (χ3v) is 3.48. The van der Waals surface area contributed by atoms with Crippen LogP contribution in [0.15, 0.2) is 36.5 Å². The highest BCUT2D eigenvalue weighted by atomic mass is 16.4. The molecule has 3 heteroatoms. The molecule has 0 aromatic heterocycles. The summed E-state index contributed by atoms with van der Waals surface area (Å²) in [4.78, 5) is 10.3. The van der Waals surface area contributed by atoms with E-state index in [4.69, 9.17) is 5.11 Å². The first-order chi connectivity index (χ1) is 10.7. The Balaban J connectivity index is 3.37. The largest absolute Gasteiger partial charge is 0.481 e. The fraction of sp³-hybridized carbons (Fsp3) is 0.632. The normalized spacial score (nSPS) is 13.5. The molecule has 1 atom stereocenters. The average molecular weight is 308 g/mol. The number of aliphatic hydroxyl groups is 1. The molecule has 0 rings (SSSR count). The number of carboxylic acids is 1. The molecule has 3 nitrogen and oxygen atoms in total. The molecular weight excluding hydrogens is 276 g/mol. The van der Waals surface area contributed by atoms with Gasteiger partial charge in [-0.15, -0.1) is 0 Å². The highest BCUT2D eigenvalue weighted by Gasteiger charge is 1.99. The number of allylic oxidation sites excluding steroid dienone is 5. The molecule has 0 aliphatic carbocycles. The second kappa shape index (κ2) is 16.0. The van der Waals surface area contributed by atoms with Gasteiger partial charge in [0.05, 0.1) is 6.10 Å². The highest BCUT2D eigenvalue weighted by Crippen LogP contribution is 2.11. The number of hydrogen-bond acceptors (Lipinski definition) is 2. The highest BCUT2D eigenvalue weighted by molar-refractivity contribution is 5.66. The van der Waals surface area contributed by atoms with E-state index in [9.17, 15) is 9.90 Å². The second-order valence-electron chi connectivity index (χ2n) is 5.59. The quantitative estimate of drug-likeness (QED) is 0.269. The van der Waals surface area contributed by atoms with Crippen LogP contribution in [0.5, 0.6) is 0 Å². The Morgan fingerprint density at radius 1 is 0.955 bits per heavy atom. The lowest BCUT2D eigenvalue weighted by Gasteiger charge is -2.05. The number of unbranched alkanes of at least 4 members (excludes halogenated alkanes) is 6. The Morgan fingerprint density at radius 3 is 2.23 bits per heavy atom. The van der Waals surface area contributed by atoms with Gasteiger partial charge in [0.1, 0.15) is 0 Å². The summed E-state index contributed by atoms with van der Waals surface area (Å²) >= 11 is 0. The Hall–Kier alpha value is -1.35. The number of carboxylic acid groups (broad SMARTS) is 1. The van der Waals surface area contributed by atoms with E-state index in [0.29, 0.717) is 6.42 Å². The van der Waals surface area contributed by atoms with Gasteiger partial charge in [0, 0.05) is 6.42 Å². The van der Waals surface area contributed by atoms with E-state index in [1.807, 2.05) is 31.2 Å². The number of carbonyl (C=O) groups is 1. The predicted molar refractivity (Wildman–Crippen MR) is 92.9 cm³/mol. The molecule has 0 radical (unpaired) electrons.